The highest BCUT2D eigenvalue weighted by molar-refractivity contribution is 5.79. The first kappa shape index (κ1) is 11.3. The van der Waals surface area contributed by atoms with Crippen LogP contribution in [0.1, 0.15) is 12.1 Å². The molecule has 5 nitrogen and oxygen atoms in total. The van der Waals surface area contributed by atoms with Gasteiger partial charge in [-0.2, -0.15) is 0 Å². The fraction of sp³-hybridized carbons (Fsp3) is 0.538. The number of rotatable bonds is 2. The third-order valence-corrected chi connectivity index (χ3v) is 3.73. The van der Waals surface area contributed by atoms with Gasteiger partial charge in [-0.1, -0.05) is 0 Å². The first-order chi connectivity index (χ1) is 8.67. The molecule has 5 heteroatoms. The molecular weight excluding hydrogens is 230 g/mol. The Hall–Kier alpha value is -1.78. The number of carbonyl (C=O) groups excluding carboxylic acids is 1. The van der Waals surface area contributed by atoms with Crippen LogP contribution in [0.5, 0.6) is 5.75 Å². The van der Waals surface area contributed by atoms with Crippen molar-refractivity contribution in [3.05, 3.63) is 17.8 Å². The summed E-state index contributed by atoms with van der Waals surface area (Å²) in [5.74, 6) is 2.27. The number of hydrogen-bond donors (Lipinski definition) is 1. The molecule has 2 fully saturated rings. The van der Waals surface area contributed by atoms with Crippen LogP contribution in [0.25, 0.3) is 0 Å². The summed E-state index contributed by atoms with van der Waals surface area (Å²) < 4.78 is 5.36. The van der Waals surface area contributed by atoms with E-state index in [1.54, 1.807) is 7.11 Å². The zero-order valence-electron chi connectivity index (χ0n) is 10.6. The standard InChI is InChI=1S/C13H17N3O2/c1-8-3-4-11(18-2)13(14-8)16-6-9-5-12(17)15-10(9)7-16/h3-4,9-10H,5-7H2,1-2H3,(H,15,17)/t9-,10+/m0/s1. The lowest BCUT2D eigenvalue weighted by Gasteiger charge is -2.21. The molecule has 18 heavy (non-hydrogen) atoms. The van der Waals surface area contributed by atoms with E-state index in [9.17, 15) is 4.79 Å². The molecule has 2 atom stereocenters. The number of pyridine rings is 1. The second-order valence-electron chi connectivity index (χ2n) is 5.02. The van der Waals surface area contributed by atoms with Crippen LogP contribution in [0.2, 0.25) is 0 Å². The maximum atomic E-state index is 11.3. The molecule has 0 aromatic carbocycles. The van der Waals surface area contributed by atoms with Gasteiger partial charge < -0.3 is 15.0 Å². The minimum Gasteiger partial charge on any atom is -0.493 e. The van der Waals surface area contributed by atoms with E-state index in [1.165, 1.54) is 0 Å². The van der Waals surface area contributed by atoms with Crippen molar-refractivity contribution in [1.82, 2.24) is 10.3 Å². The molecule has 2 saturated heterocycles. The minimum atomic E-state index is 0.175. The number of ether oxygens (including phenoxy) is 1. The van der Waals surface area contributed by atoms with Gasteiger partial charge in [0.15, 0.2) is 11.6 Å². The van der Waals surface area contributed by atoms with Crippen molar-refractivity contribution >= 4 is 11.7 Å². The molecular formula is C13H17N3O2. The van der Waals surface area contributed by atoms with E-state index in [4.69, 9.17) is 4.74 Å². The molecule has 0 saturated carbocycles. The molecule has 2 aliphatic heterocycles. The van der Waals surface area contributed by atoms with Crippen LogP contribution in [-0.4, -0.2) is 37.1 Å². The predicted molar refractivity (Wildman–Crippen MR) is 67.8 cm³/mol. The third kappa shape index (κ3) is 1.79. The number of hydrogen-bond acceptors (Lipinski definition) is 4. The lowest BCUT2D eigenvalue weighted by atomic mass is 10.1. The predicted octanol–water partition coefficient (Wildman–Crippen LogP) is 0.723. The Morgan fingerprint density at radius 3 is 3.00 bits per heavy atom. The normalized spacial score (nSPS) is 26.1. The SMILES string of the molecule is COc1ccc(C)nc1N1C[C@@H]2CC(=O)N[C@@H]2C1. The molecule has 0 spiro atoms. The van der Waals surface area contributed by atoms with Crippen molar-refractivity contribution in [2.24, 2.45) is 5.92 Å². The zero-order valence-corrected chi connectivity index (χ0v) is 10.6. The average molecular weight is 247 g/mol. The van der Waals surface area contributed by atoms with E-state index < -0.39 is 0 Å². The van der Waals surface area contributed by atoms with Crippen LogP contribution < -0.4 is 15.0 Å². The van der Waals surface area contributed by atoms with Crippen molar-refractivity contribution in [1.29, 1.82) is 0 Å². The Morgan fingerprint density at radius 2 is 2.28 bits per heavy atom. The van der Waals surface area contributed by atoms with Gasteiger partial charge in [0.2, 0.25) is 5.91 Å². The van der Waals surface area contributed by atoms with Crippen molar-refractivity contribution < 1.29 is 9.53 Å². The van der Waals surface area contributed by atoms with E-state index >= 15 is 0 Å². The Balaban J connectivity index is 1.85. The van der Waals surface area contributed by atoms with Gasteiger partial charge in [-0.15, -0.1) is 0 Å². The van der Waals surface area contributed by atoms with E-state index in [0.717, 1.165) is 30.4 Å². The summed E-state index contributed by atoms with van der Waals surface area (Å²) in [5, 5.41) is 3.02. The summed E-state index contributed by atoms with van der Waals surface area (Å²) >= 11 is 0. The van der Waals surface area contributed by atoms with Gasteiger partial charge in [0.05, 0.1) is 13.2 Å². The summed E-state index contributed by atoms with van der Waals surface area (Å²) in [6.07, 6.45) is 0.634. The first-order valence-electron chi connectivity index (χ1n) is 6.23. The summed E-state index contributed by atoms with van der Waals surface area (Å²) in [6, 6.07) is 4.16. The van der Waals surface area contributed by atoms with E-state index in [0.29, 0.717) is 12.3 Å². The van der Waals surface area contributed by atoms with E-state index in [2.05, 4.69) is 15.2 Å². The first-order valence-corrected chi connectivity index (χ1v) is 6.23. The fourth-order valence-corrected chi connectivity index (χ4v) is 2.83. The van der Waals surface area contributed by atoms with Crippen LogP contribution in [0.3, 0.4) is 0 Å². The average Bonchev–Trinajstić information content (AvgIpc) is 2.85. The molecule has 1 aromatic rings. The number of amides is 1. The summed E-state index contributed by atoms with van der Waals surface area (Å²) in [7, 11) is 1.66. The van der Waals surface area contributed by atoms with Crippen LogP contribution in [0.15, 0.2) is 12.1 Å². The van der Waals surface area contributed by atoms with Gasteiger partial charge in [-0.05, 0) is 19.1 Å². The number of carbonyl (C=O) groups is 1. The molecule has 0 radical (unpaired) electrons. The highest BCUT2D eigenvalue weighted by Crippen LogP contribution is 2.33. The van der Waals surface area contributed by atoms with Crippen LogP contribution in [0.4, 0.5) is 5.82 Å². The van der Waals surface area contributed by atoms with Crippen molar-refractivity contribution in [3.8, 4) is 5.75 Å². The van der Waals surface area contributed by atoms with Gasteiger partial charge in [-0.3, -0.25) is 4.79 Å². The maximum absolute atomic E-state index is 11.3. The lowest BCUT2D eigenvalue weighted by Crippen LogP contribution is -2.33. The molecule has 3 heterocycles. The highest BCUT2D eigenvalue weighted by atomic mass is 16.5. The molecule has 96 valence electrons. The quantitative estimate of drug-likeness (QED) is 0.837. The fourth-order valence-electron chi connectivity index (χ4n) is 2.83. The number of methoxy groups -OCH3 is 1. The maximum Gasteiger partial charge on any atom is 0.220 e. The number of fused-ring (bicyclic) bond motifs is 1. The number of anilines is 1. The Morgan fingerprint density at radius 1 is 1.44 bits per heavy atom. The van der Waals surface area contributed by atoms with Crippen LogP contribution in [0, 0.1) is 12.8 Å². The summed E-state index contributed by atoms with van der Waals surface area (Å²) in [4.78, 5) is 18.1. The number of aromatic nitrogens is 1. The second kappa shape index (κ2) is 4.15. The molecule has 2 aliphatic rings. The Kier molecular flexibility index (Phi) is 2.61. The van der Waals surface area contributed by atoms with Crippen molar-refractivity contribution in [2.45, 2.75) is 19.4 Å². The van der Waals surface area contributed by atoms with Crippen molar-refractivity contribution in [2.75, 3.05) is 25.1 Å². The monoisotopic (exact) mass is 247 g/mol. The smallest absolute Gasteiger partial charge is 0.220 e. The molecule has 0 aliphatic carbocycles. The van der Waals surface area contributed by atoms with Gasteiger partial charge in [0, 0.05) is 31.1 Å². The lowest BCUT2D eigenvalue weighted by molar-refractivity contribution is -0.119. The summed E-state index contributed by atoms with van der Waals surface area (Å²) in [5.41, 5.74) is 0.979. The molecule has 1 amide bonds. The molecule has 1 aromatic heterocycles. The van der Waals surface area contributed by atoms with Gasteiger partial charge in [0.1, 0.15) is 0 Å². The second-order valence-corrected chi connectivity index (χ2v) is 5.02. The number of aryl methyl sites for hydroxylation is 1. The number of nitrogens with zero attached hydrogens (tertiary/aromatic N) is 2. The summed E-state index contributed by atoms with van der Waals surface area (Å²) in [6.45, 7) is 3.67. The van der Waals surface area contributed by atoms with Crippen LogP contribution >= 0.6 is 0 Å². The molecule has 3 rings (SSSR count). The minimum absolute atomic E-state index is 0.175. The third-order valence-electron chi connectivity index (χ3n) is 3.73. The van der Waals surface area contributed by atoms with Gasteiger partial charge in [-0.25, -0.2) is 4.98 Å². The Bertz CT molecular complexity index is 473. The Labute approximate surface area is 106 Å². The van der Waals surface area contributed by atoms with Gasteiger partial charge >= 0.3 is 0 Å². The highest BCUT2D eigenvalue weighted by Gasteiger charge is 2.40. The topological polar surface area (TPSA) is 54.5 Å². The van der Waals surface area contributed by atoms with E-state index in [1.807, 2.05) is 19.1 Å². The van der Waals surface area contributed by atoms with E-state index in [-0.39, 0.29) is 11.9 Å². The molecule has 0 bridgehead atoms. The zero-order chi connectivity index (χ0) is 12.7. The number of nitrogens with one attached hydrogen (secondary N) is 1. The molecule has 0 unspecified atom stereocenters. The largest absolute Gasteiger partial charge is 0.493 e. The van der Waals surface area contributed by atoms with Crippen LogP contribution in [-0.2, 0) is 4.79 Å². The van der Waals surface area contributed by atoms with Crippen molar-refractivity contribution in [3.63, 3.8) is 0 Å². The molecule has 1 N–H and O–H groups in total. The van der Waals surface area contributed by atoms with Gasteiger partial charge in [0.25, 0.3) is 0 Å².